The van der Waals surface area contributed by atoms with Crippen LogP contribution < -0.4 is 0 Å². The van der Waals surface area contributed by atoms with E-state index in [1.54, 1.807) is 0 Å². The summed E-state index contributed by atoms with van der Waals surface area (Å²) < 4.78 is 1.05. The Balaban J connectivity index is 2.02. The van der Waals surface area contributed by atoms with E-state index in [4.69, 9.17) is 0 Å². The molecule has 0 radical (unpaired) electrons. The van der Waals surface area contributed by atoms with Gasteiger partial charge in [-0.2, -0.15) is 11.8 Å². The molecule has 0 amide bonds. The van der Waals surface area contributed by atoms with Gasteiger partial charge >= 0.3 is 0 Å². The largest absolute Gasteiger partial charge is 0.299 e. The van der Waals surface area contributed by atoms with Crippen molar-refractivity contribution >= 4 is 33.5 Å². The standard InChI is InChI=1S/C12H13BrOS/c13-11-4-2-1-3-9(11)7-12(14)10-5-6-15-8-10/h1-4,10H,5-8H2. The third-order valence-corrected chi connectivity index (χ3v) is 4.64. The number of halogens is 1. The zero-order chi connectivity index (χ0) is 10.7. The molecule has 0 aromatic heterocycles. The Morgan fingerprint density at radius 3 is 2.93 bits per heavy atom. The lowest BCUT2D eigenvalue weighted by Gasteiger charge is -2.08. The Morgan fingerprint density at radius 2 is 2.27 bits per heavy atom. The second-order valence-electron chi connectivity index (χ2n) is 3.80. The van der Waals surface area contributed by atoms with Crippen LogP contribution in [0.3, 0.4) is 0 Å². The number of hydrogen-bond acceptors (Lipinski definition) is 2. The molecule has 1 nitrogen and oxygen atoms in total. The first-order valence-corrected chi connectivity index (χ1v) is 7.06. The fraction of sp³-hybridized carbons (Fsp3) is 0.417. The summed E-state index contributed by atoms with van der Waals surface area (Å²) in [6.45, 7) is 0. The lowest BCUT2D eigenvalue weighted by molar-refractivity contribution is -0.121. The van der Waals surface area contributed by atoms with Gasteiger partial charge in [-0.25, -0.2) is 0 Å². The van der Waals surface area contributed by atoms with Gasteiger partial charge in [-0.3, -0.25) is 4.79 Å². The van der Waals surface area contributed by atoms with Crippen molar-refractivity contribution in [3.8, 4) is 0 Å². The zero-order valence-corrected chi connectivity index (χ0v) is 10.8. The van der Waals surface area contributed by atoms with E-state index in [9.17, 15) is 4.79 Å². The molecule has 2 rings (SSSR count). The van der Waals surface area contributed by atoms with Gasteiger partial charge in [0.1, 0.15) is 5.78 Å². The lowest BCUT2D eigenvalue weighted by Crippen LogP contribution is -2.16. The molecule has 1 saturated heterocycles. The number of carbonyl (C=O) groups is 1. The quantitative estimate of drug-likeness (QED) is 0.847. The summed E-state index contributed by atoms with van der Waals surface area (Å²) in [5.74, 6) is 2.85. The average Bonchev–Trinajstić information content (AvgIpc) is 2.74. The van der Waals surface area contributed by atoms with Gasteiger partial charge in [0.2, 0.25) is 0 Å². The molecule has 0 saturated carbocycles. The molecular formula is C12H13BrOS. The maximum absolute atomic E-state index is 11.9. The van der Waals surface area contributed by atoms with Crippen molar-refractivity contribution < 1.29 is 4.79 Å². The van der Waals surface area contributed by atoms with Gasteiger partial charge in [-0.15, -0.1) is 0 Å². The van der Waals surface area contributed by atoms with Gasteiger partial charge in [-0.1, -0.05) is 34.1 Å². The first-order valence-electron chi connectivity index (χ1n) is 5.11. The highest BCUT2D eigenvalue weighted by molar-refractivity contribution is 9.10. The van der Waals surface area contributed by atoms with E-state index < -0.39 is 0 Å². The summed E-state index contributed by atoms with van der Waals surface area (Å²) in [7, 11) is 0. The summed E-state index contributed by atoms with van der Waals surface area (Å²) in [4.78, 5) is 11.9. The molecule has 1 aliphatic rings. The topological polar surface area (TPSA) is 17.1 Å². The SMILES string of the molecule is O=C(Cc1ccccc1Br)C1CCSC1. The van der Waals surface area contributed by atoms with Crippen molar-refractivity contribution in [1.29, 1.82) is 0 Å². The Hall–Kier alpha value is -0.280. The average molecular weight is 285 g/mol. The summed E-state index contributed by atoms with van der Waals surface area (Å²) in [6, 6.07) is 7.97. The zero-order valence-electron chi connectivity index (χ0n) is 8.41. The van der Waals surface area contributed by atoms with Crippen molar-refractivity contribution in [1.82, 2.24) is 0 Å². The molecule has 1 atom stereocenters. The van der Waals surface area contributed by atoms with Gasteiger partial charge in [0.15, 0.2) is 0 Å². The summed E-state index contributed by atoms with van der Waals surface area (Å²) in [6.07, 6.45) is 1.64. The maximum Gasteiger partial charge on any atom is 0.141 e. The predicted octanol–water partition coefficient (Wildman–Crippen LogP) is 3.31. The first-order chi connectivity index (χ1) is 7.27. The van der Waals surface area contributed by atoms with Crippen molar-refractivity contribution in [3.05, 3.63) is 34.3 Å². The van der Waals surface area contributed by atoms with Gasteiger partial charge in [0.25, 0.3) is 0 Å². The van der Waals surface area contributed by atoms with Gasteiger partial charge in [0, 0.05) is 22.6 Å². The molecule has 3 heteroatoms. The van der Waals surface area contributed by atoms with E-state index >= 15 is 0 Å². The van der Waals surface area contributed by atoms with Crippen molar-refractivity contribution in [2.24, 2.45) is 5.92 Å². The second-order valence-corrected chi connectivity index (χ2v) is 5.80. The van der Waals surface area contributed by atoms with E-state index in [0.717, 1.165) is 28.0 Å². The molecule has 1 heterocycles. The number of Topliss-reactive ketones (excluding diaryl/α,β-unsaturated/α-hetero) is 1. The maximum atomic E-state index is 11.9. The Bertz CT molecular complexity index is 358. The molecule has 1 aromatic rings. The molecule has 1 aliphatic heterocycles. The van der Waals surface area contributed by atoms with Crippen molar-refractivity contribution in [2.45, 2.75) is 12.8 Å². The van der Waals surface area contributed by atoms with Crippen LogP contribution >= 0.6 is 27.7 Å². The molecular weight excluding hydrogens is 272 g/mol. The highest BCUT2D eigenvalue weighted by Crippen LogP contribution is 2.26. The molecule has 1 aromatic carbocycles. The fourth-order valence-corrected chi connectivity index (χ4v) is 3.44. The Labute approximate surface area is 103 Å². The van der Waals surface area contributed by atoms with Crippen molar-refractivity contribution in [3.63, 3.8) is 0 Å². The van der Waals surface area contributed by atoms with Crippen LogP contribution in [0.15, 0.2) is 28.7 Å². The van der Waals surface area contributed by atoms with Crippen LogP contribution in [-0.2, 0) is 11.2 Å². The van der Waals surface area contributed by atoms with Crippen LogP contribution in [-0.4, -0.2) is 17.3 Å². The predicted molar refractivity (Wildman–Crippen MR) is 68.3 cm³/mol. The van der Waals surface area contributed by atoms with Crippen LogP contribution in [0.4, 0.5) is 0 Å². The van der Waals surface area contributed by atoms with Crippen LogP contribution in [0.5, 0.6) is 0 Å². The first kappa shape index (κ1) is 11.2. The van der Waals surface area contributed by atoms with Crippen LogP contribution in [0.2, 0.25) is 0 Å². The molecule has 15 heavy (non-hydrogen) atoms. The van der Waals surface area contributed by atoms with E-state index in [-0.39, 0.29) is 0 Å². The van der Waals surface area contributed by atoms with E-state index in [2.05, 4.69) is 15.9 Å². The minimum atomic E-state index is 0.294. The number of carbonyl (C=O) groups excluding carboxylic acids is 1. The van der Waals surface area contributed by atoms with Crippen LogP contribution in [0.25, 0.3) is 0 Å². The Morgan fingerprint density at radius 1 is 1.47 bits per heavy atom. The van der Waals surface area contributed by atoms with Crippen molar-refractivity contribution in [2.75, 3.05) is 11.5 Å². The number of rotatable bonds is 3. The van der Waals surface area contributed by atoms with E-state index in [0.29, 0.717) is 18.1 Å². The normalized spacial score (nSPS) is 20.5. The van der Waals surface area contributed by atoms with Crippen LogP contribution in [0.1, 0.15) is 12.0 Å². The molecule has 0 N–H and O–H groups in total. The fourth-order valence-electron chi connectivity index (χ4n) is 1.76. The van der Waals surface area contributed by atoms with Crippen LogP contribution in [0, 0.1) is 5.92 Å². The summed E-state index contributed by atoms with van der Waals surface area (Å²) in [5.41, 5.74) is 1.11. The third-order valence-electron chi connectivity index (χ3n) is 2.71. The molecule has 80 valence electrons. The number of hydrogen-bond donors (Lipinski definition) is 0. The minimum absolute atomic E-state index is 0.294. The Kier molecular flexibility index (Phi) is 3.87. The summed E-state index contributed by atoms with van der Waals surface area (Å²) >= 11 is 5.37. The van der Waals surface area contributed by atoms with Gasteiger partial charge < -0.3 is 0 Å². The smallest absolute Gasteiger partial charge is 0.141 e. The highest BCUT2D eigenvalue weighted by Gasteiger charge is 2.23. The molecule has 0 bridgehead atoms. The third kappa shape index (κ3) is 2.85. The molecule has 0 aliphatic carbocycles. The number of benzene rings is 1. The lowest BCUT2D eigenvalue weighted by atomic mass is 9.97. The van der Waals surface area contributed by atoms with Gasteiger partial charge in [-0.05, 0) is 23.8 Å². The molecule has 1 fully saturated rings. The highest BCUT2D eigenvalue weighted by atomic mass is 79.9. The van der Waals surface area contributed by atoms with Gasteiger partial charge in [0.05, 0.1) is 0 Å². The molecule has 1 unspecified atom stereocenters. The minimum Gasteiger partial charge on any atom is -0.299 e. The molecule has 0 spiro atoms. The number of thioether (sulfide) groups is 1. The number of ketones is 1. The van der Waals surface area contributed by atoms with E-state index in [1.807, 2.05) is 36.0 Å². The monoisotopic (exact) mass is 284 g/mol. The van der Waals surface area contributed by atoms with E-state index in [1.165, 1.54) is 0 Å². The second kappa shape index (κ2) is 5.17. The summed E-state index contributed by atoms with van der Waals surface area (Å²) in [5, 5.41) is 0.